The molecule has 0 unspecified atom stereocenters. The van der Waals surface area contributed by atoms with Gasteiger partial charge < -0.3 is 15.4 Å². The second-order valence-electron chi connectivity index (χ2n) is 7.13. The minimum atomic E-state index is -0.374. The van der Waals surface area contributed by atoms with Crippen LogP contribution < -0.4 is 20.7 Å². The van der Waals surface area contributed by atoms with Crippen LogP contribution in [0.1, 0.15) is 43.1 Å². The van der Waals surface area contributed by atoms with Crippen LogP contribution in [0.25, 0.3) is 0 Å². The monoisotopic (exact) mass is 491 g/mol. The van der Waals surface area contributed by atoms with E-state index in [9.17, 15) is 9.59 Å². The maximum Gasteiger partial charge on any atom is 0.261 e. The highest BCUT2D eigenvalue weighted by molar-refractivity contribution is 9.10. The fraction of sp³-hybridized carbons (Fsp3) is 0.318. The standard InChI is InChI=1S/C22H26BrN3O3S/c1-5-20(27)24-17-7-6-8-18(14(17)4)25-22(30)26-21(28)16-11-15(23)9-10-19(16)29-12-13(2)3/h6-11,13H,5,12H2,1-4H3,(H,24,27)(H2,25,26,28,30). The SMILES string of the molecule is CCC(=O)Nc1cccc(NC(=S)NC(=O)c2cc(Br)ccc2OCC(C)C)c1C. The van der Waals surface area contributed by atoms with Crippen molar-refractivity contribution in [3.63, 3.8) is 0 Å². The Balaban J connectivity index is 2.12. The molecule has 0 saturated carbocycles. The number of hydrogen-bond donors (Lipinski definition) is 3. The zero-order valence-corrected chi connectivity index (χ0v) is 19.9. The van der Waals surface area contributed by atoms with Crippen LogP contribution in [0.15, 0.2) is 40.9 Å². The number of carbonyl (C=O) groups excluding carboxylic acids is 2. The molecular weight excluding hydrogens is 466 g/mol. The van der Waals surface area contributed by atoms with Crippen molar-refractivity contribution < 1.29 is 14.3 Å². The number of ether oxygens (including phenoxy) is 1. The van der Waals surface area contributed by atoms with Crippen molar-refractivity contribution in [3.8, 4) is 5.75 Å². The zero-order valence-electron chi connectivity index (χ0n) is 17.5. The van der Waals surface area contributed by atoms with E-state index in [-0.39, 0.29) is 16.9 Å². The summed E-state index contributed by atoms with van der Waals surface area (Å²) < 4.78 is 6.53. The van der Waals surface area contributed by atoms with Gasteiger partial charge in [-0.05, 0) is 61.0 Å². The molecule has 0 radical (unpaired) electrons. The van der Waals surface area contributed by atoms with E-state index in [0.29, 0.717) is 41.6 Å². The van der Waals surface area contributed by atoms with E-state index >= 15 is 0 Å². The van der Waals surface area contributed by atoms with Crippen molar-refractivity contribution in [2.24, 2.45) is 5.92 Å². The third kappa shape index (κ3) is 6.81. The van der Waals surface area contributed by atoms with Gasteiger partial charge in [0.25, 0.3) is 5.91 Å². The molecular formula is C22H26BrN3O3S. The van der Waals surface area contributed by atoms with Gasteiger partial charge in [-0.15, -0.1) is 0 Å². The lowest BCUT2D eigenvalue weighted by molar-refractivity contribution is -0.115. The lowest BCUT2D eigenvalue weighted by atomic mass is 10.1. The fourth-order valence-electron chi connectivity index (χ4n) is 2.53. The normalized spacial score (nSPS) is 10.5. The van der Waals surface area contributed by atoms with Crippen LogP contribution in [0.3, 0.4) is 0 Å². The van der Waals surface area contributed by atoms with E-state index in [1.165, 1.54) is 0 Å². The maximum absolute atomic E-state index is 12.8. The van der Waals surface area contributed by atoms with Crippen LogP contribution in [0.4, 0.5) is 11.4 Å². The van der Waals surface area contributed by atoms with Crippen LogP contribution in [-0.4, -0.2) is 23.5 Å². The lowest BCUT2D eigenvalue weighted by Gasteiger charge is -2.16. The van der Waals surface area contributed by atoms with Gasteiger partial charge in [0.2, 0.25) is 5.91 Å². The minimum absolute atomic E-state index is 0.0743. The highest BCUT2D eigenvalue weighted by Crippen LogP contribution is 2.25. The van der Waals surface area contributed by atoms with Gasteiger partial charge in [-0.2, -0.15) is 0 Å². The molecule has 3 N–H and O–H groups in total. The summed E-state index contributed by atoms with van der Waals surface area (Å²) in [5.74, 6) is 0.374. The molecule has 0 saturated heterocycles. The number of nitrogens with one attached hydrogen (secondary N) is 3. The van der Waals surface area contributed by atoms with Crippen molar-refractivity contribution in [1.82, 2.24) is 5.32 Å². The Kier molecular flexibility index (Phi) is 8.80. The number of hydrogen-bond acceptors (Lipinski definition) is 4. The minimum Gasteiger partial charge on any atom is -0.492 e. The van der Waals surface area contributed by atoms with Crippen LogP contribution in [-0.2, 0) is 4.79 Å². The molecule has 0 bridgehead atoms. The molecule has 2 amide bonds. The Bertz CT molecular complexity index is 947. The Labute approximate surface area is 190 Å². The first-order valence-corrected chi connectivity index (χ1v) is 10.9. The van der Waals surface area contributed by atoms with E-state index in [1.807, 2.05) is 39.0 Å². The lowest BCUT2D eigenvalue weighted by Crippen LogP contribution is -2.34. The van der Waals surface area contributed by atoms with Gasteiger partial charge in [-0.25, -0.2) is 0 Å². The predicted molar refractivity (Wildman–Crippen MR) is 128 cm³/mol. The van der Waals surface area contributed by atoms with Gasteiger partial charge in [-0.1, -0.05) is 42.8 Å². The number of carbonyl (C=O) groups is 2. The van der Waals surface area contributed by atoms with Gasteiger partial charge in [0.15, 0.2) is 5.11 Å². The van der Waals surface area contributed by atoms with Gasteiger partial charge in [0.1, 0.15) is 5.75 Å². The molecule has 0 aliphatic carbocycles. The highest BCUT2D eigenvalue weighted by atomic mass is 79.9. The summed E-state index contributed by atoms with van der Waals surface area (Å²) in [4.78, 5) is 24.5. The number of thiocarbonyl (C=S) groups is 1. The smallest absolute Gasteiger partial charge is 0.261 e. The van der Waals surface area contributed by atoms with E-state index in [1.54, 1.807) is 25.1 Å². The molecule has 6 nitrogen and oxygen atoms in total. The van der Waals surface area contributed by atoms with Crippen LogP contribution in [0, 0.1) is 12.8 Å². The van der Waals surface area contributed by atoms with Crippen LogP contribution in [0.2, 0.25) is 0 Å². The predicted octanol–water partition coefficient (Wildman–Crippen LogP) is 5.27. The van der Waals surface area contributed by atoms with Crippen molar-refractivity contribution in [1.29, 1.82) is 0 Å². The molecule has 0 aliphatic rings. The fourth-order valence-corrected chi connectivity index (χ4v) is 3.09. The molecule has 2 rings (SSSR count). The molecule has 0 aromatic heterocycles. The summed E-state index contributed by atoms with van der Waals surface area (Å²) in [6, 6.07) is 10.7. The molecule has 0 aliphatic heterocycles. The van der Waals surface area contributed by atoms with Gasteiger partial charge >= 0.3 is 0 Å². The first-order valence-electron chi connectivity index (χ1n) is 9.65. The van der Waals surface area contributed by atoms with E-state index in [4.69, 9.17) is 17.0 Å². The summed E-state index contributed by atoms with van der Waals surface area (Å²) >= 11 is 8.71. The van der Waals surface area contributed by atoms with Crippen molar-refractivity contribution >= 4 is 56.4 Å². The number of benzene rings is 2. The van der Waals surface area contributed by atoms with Gasteiger partial charge in [-0.3, -0.25) is 14.9 Å². The van der Waals surface area contributed by atoms with Crippen molar-refractivity contribution in [2.75, 3.05) is 17.2 Å². The second-order valence-corrected chi connectivity index (χ2v) is 8.46. The summed E-state index contributed by atoms with van der Waals surface area (Å²) in [5.41, 5.74) is 2.59. The average molecular weight is 492 g/mol. The maximum atomic E-state index is 12.8. The Hall–Kier alpha value is -2.45. The first-order chi connectivity index (χ1) is 14.2. The van der Waals surface area contributed by atoms with E-state index in [0.717, 1.165) is 10.0 Å². The van der Waals surface area contributed by atoms with E-state index < -0.39 is 0 Å². The Morgan fingerprint density at radius 1 is 1.13 bits per heavy atom. The second kappa shape index (κ2) is 11.1. The molecule has 2 aromatic carbocycles. The quantitative estimate of drug-likeness (QED) is 0.459. The molecule has 2 aromatic rings. The van der Waals surface area contributed by atoms with Crippen LogP contribution in [0.5, 0.6) is 5.75 Å². The molecule has 0 fully saturated rings. The summed E-state index contributed by atoms with van der Waals surface area (Å²) in [7, 11) is 0. The molecule has 8 heteroatoms. The topological polar surface area (TPSA) is 79.5 Å². The van der Waals surface area contributed by atoms with E-state index in [2.05, 4.69) is 31.9 Å². The molecule has 0 atom stereocenters. The van der Waals surface area contributed by atoms with Crippen LogP contribution >= 0.6 is 28.1 Å². The summed E-state index contributed by atoms with van der Waals surface area (Å²) in [6.07, 6.45) is 0.388. The molecule has 160 valence electrons. The number of rotatable bonds is 7. The van der Waals surface area contributed by atoms with Crippen molar-refractivity contribution in [3.05, 3.63) is 52.0 Å². The Morgan fingerprint density at radius 3 is 2.43 bits per heavy atom. The number of halogens is 1. The largest absolute Gasteiger partial charge is 0.492 e. The van der Waals surface area contributed by atoms with Crippen molar-refractivity contribution in [2.45, 2.75) is 34.1 Å². The first kappa shape index (κ1) is 23.8. The third-order valence-electron chi connectivity index (χ3n) is 4.16. The molecule has 0 spiro atoms. The number of anilines is 2. The van der Waals surface area contributed by atoms with Gasteiger partial charge in [0, 0.05) is 22.3 Å². The molecule has 0 heterocycles. The zero-order chi connectivity index (χ0) is 22.3. The third-order valence-corrected chi connectivity index (χ3v) is 4.86. The average Bonchev–Trinajstić information content (AvgIpc) is 2.69. The molecule has 30 heavy (non-hydrogen) atoms. The Morgan fingerprint density at radius 2 is 1.80 bits per heavy atom. The number of amides is 2. The summed E-state index contributed by atoms with van der Waals surface area (Å²) in [5, 5.41) is 8.71. The highest BCUT2D eigenvalue weighted by Gasteiger charge is 2.16. The van der Waals surface area contributed by atoms with Gasteiger partial charge in [0.05, 0.1) is 12.2 Å². The summed E-state index contributed by atoms with van der Waals surface area (Å²) in [6.45, 7) is 8.23.